The van der Waals surface area contributed by atoms with E-state index in [9.17, 15) is 19.2 Å². The molecule has 4 rings (SSSR count). The van der Waals surface area contributed by atoms with Crippen LogP contribution in [0.25, 0.3) is 0 Å². The Morgan fingerprint density at radius 3 is 1.17 bits per heavy atom. The van der Waals surface area contributed by atoms with Gasteiger partial charge in [-0.1, -0.05) is 35.4 Å². The van der Waals surface area contributed by atoms with Crippen molar-refractivity contribution in [2.24, 2.45) is 0 Å². The monoisotopic (exact) mass is 548 g/mol. The van der Waals surface area contributed by atoms with Crippen molar-refractivity contribution in [3.63, 3.8) is 0 Å². The van der Waals surface area contributed by atoms with Gasteiger partial charge in [-0.25, -0.2) is 0 Å². The Morgan fingerprint density at radius 1 is 0.488 bits per heavy atom. The van der Waals surface area contributed by atoms with E-state index in [1.165, 1.54) is 0 Å². The molecule has 0 aliphatic heterocycles. The van der Waals surface area contributed by atoms with Crippen LogP contribution in [0.15, 0.2) is 97.1 Å². The Balaban J connectivity index is 1.16. The molecule has 0 radical (unpaired) electrons. The number of hydrogen-bond donors (Lipinski definition) is 4. The summed E-state index contributed by atoms with van der Waals surface area (Å²) in [5, 5.41) is 11.3. The summed E-state index contributed by atoms with van der Waals surface area (Å²) in [5.74, 6) is -0.819. The van der Waals surface area contributed by atoms with Crippen molar-refractivity contribution in [1.29, 1.82) is 0 Å². The smallest absolute Gasteiger partial charge is 0.255 e. The minimum absolute atomic E-state index is 0.184. The second-order valence-electron chi connectivity index (χ2n) is 9.75. The fourth-order valence-electron chi connectivity index (χ4n) is 4.11. The normalized spacial score (nSPS) is 10.4. The Bertz CT molecular complexity index is 1430. The molecule has 0 unspecified atom stereocenters. The number of carbonyl (C=O) groups is 4. The van der Waals surface area contributed by atoms with Gasteiger partial charge < -0.3 is 21.3 Å². The van der Waals surface area contributed by atoms with E-state index in [4.69, 9.17) is 0 Å². The summed E-state index contributed by atoms with van der Waals surface area (Å²) in [6.07, 6.45) is 0.749. The van der Waals surface area contributed by atoms with Gasteiger partial charge in [0.15, 0.2) is 0 Å². The summed E-state index contributed by atoms with van der Waals surface area (Å²) in [7, 11) is 0. The average molecular weight is 549 g/mol. The molecule has 4 aromatic rings. The second kappa shape index (κ2) is 13.7. The maximum Gasteiger partial charge on any atom is 0.255 e. The van der Waals surface area contributed by atoms with E-state index in [1.807, 2.05) is 50.2 Å². The first-order valence-corrected chi connectivity index (χ1v) is 13.3. The molecular weight excluding hydrogens is 516 g/mol. The molecule has 8 heteroatoms. The lowest BCUT2D eigenvalue weighted by molar-refractivity contribution is -0.117. The van der Waals surface area contributed by atoms with Gasteiger partial charge in [0, 0.05) is 46.7 Å². The minimum atomic E-state index is -0.206. The van der Waals surface area contributed by atoms with Crippen molar-refractivity contribution >= 4 is 46.4 Å². The summed E-state index contributed by atoms with van der Waals surface area (Å²) in [6.45, 7) is 3.85. The van der Waals surface area contributed by atoms with Crippen LogP contribution in [0.4, 0.5) is 22.7 Å². The average Bonchev–Trinajstić information content (AvgIpc) is 2.95. The lowest BCUT2D eigenvalue weighted by Gasteiger charge is -2.09. The fraction of sp³-hybridized carbons (Fsp3) is 0.152. The number of aryl methyl sites for hydroxylation is 2. The van der Waals surface area contributed by atoms with E-state index in [1.54, 1.807) is 60.7 Å². The maximum atomic E-state index is 12.4. The largest absolute Gasteiger partial charge is 0.326 e. The molecule has 0 fully saturated rings. The third kappa shape index (κ3) is 8.90. The number of nitrogens with one attached hydrogen (secondary N) is 4. The SMILES string of the molecule is Cc1cccc(C(=O)Nc2ccc(NC(=O)CCCC(=O)Nc3ccc(NC(=O)c4cccc(C)c4)cc3)cc2)c1. The third-order valence-electron chi connectivity index (χ3n) is 6.22. The highest BCUT2D eigenvalue weighted by Crippen LogP contribution is 2.17. The van der Waals surface area contributed by atoms with Gasteiger partial charge in [-0.2, -0.15) is 0 Å². The van der Waals surface area contributed by atoms with Crippen LogP contribution in [-0.4, -0.2) is 23.6 Å². The van der Waals surface area contributed by atoms with Crippen molar-refractivity contribution in [2.75, 3.05) is 21.3 Å². The molecule has 0 atom stereocenters. The number of amides is 4. The molecule has 4 N–H and O–H groups in total. The topological polar surface area (TPSA) is 116 Å². The number of hydrogen-bond acceptors (Lipinski definition) is 4. The lowest BCUT2D eigenvalue weighted by atomic mass is 10.1. The van der Waals surface area contributed by atoms with Crippen molar-refractivity contribution in [2.45, 2.75) is 33.1 Å². The van der Waals surface area contributed by atoms with Gasteiger partial charge >= 0.3 is 0 Å². The minimum Gasteiger partial charge on any atom is -0.326 e. The van der Waals surface area contributed by atoms with E-state index in [0.717, 1.165) is 11.1 Å². The second-order valence-corrected chi connectivity index (χ2v) is 9.75. The van der Waals surface area contributed by atoms with Gasteiger partial charge in [0.25, 0.3) is 11.8 Å². The van der Waals surface area contributed by atoms with E-state index in [2.05, 4.69) is 21.3 Å². The Kier molecular flexibility index (Phi) is 9.62. The van der Waals surface area contributed by atoms with Gasteiger partial charge in [0.2, 0.25) is 11.8 Å². The number of carbonyl (C=O) groups excluding carboxylic acids is 4. The highest BCUT2D eigenvalue weighted by Gasteiger charge is 2.10. The van der Waals surface area contributed by atoms with Gasteiger partial charge in [-0.05, 0) is 93.1 Å². The van der Waals surface area contributed by atoms with Crippen LogP contribution in [0.3, 0.4) is 0 Å². The zero-order valence-corrected chi connectivity index (χ0v) is 23.0. The zero-order chi connectivity index (χ0) is 29.2. The molecule has 0 aliphatic rings. The molecule has 0 saturated carbocycles. The first-order valence-electron chi connectivity index (χ1n) is 13.3. The quantitative estimate of drug-likeness (QED) is 0.180. The van der Waals surface area contributed by atoms with Crippen LogP contribution < -0.4 is 21.3 Å². The van der Waals surface area contributed by atoms with Crippen LogP contribution in [0.1, 0.15) is 51.1 Å². The molecule has 4 amide bonds. The molecule has 8 nitrogen and oxygen atoms in total. The summed E-state index contributed by atoms with van der Waals surface area (Å²) < 4.78 is 0. The maximum absolute atomic E-state index is 12.4. The Labute approximate surface area is 239 Å². The summed E-state index contributed by atoms with van der Waals surface area (Å²) in [5.41, 5.74) is 5.59. The van der Waals surface area contributed by atoms with Crippen LogP contribution in [-0.2, 0) is 9.59 Å². The molecule has 0 aromatic heterocycles. The summed E-state index contributed by atoms with van der Waals surface area (Å²) in [4.78, 5) is 49.5. The highest BCUT2D eigenvalue weighted by molar-refractivity contribution is 6.05. The van der Waals surface area contributed by atoms with Crippen LogP contribution >= 0.6 is 0 Å². The Morgan fingerprint density at radius 2 is 0.829 bits per heavy atom. The van der Waals surface area contributed by atoms with Crippen molar-refractivity contribution in [3.05, 3.63) is 119 Å². The number of rotatable bonds is 10. The number of anilines is 4. The molecular formula is C33H32N4O4. The zero-order valence-electron chi connectivity index (χ0n) is 23.0. The van der Waals surface area contributed by atoms with Gasteiger partial charge in [-0.15, -0.1) is 0 Å². The van der Waals surface area contributed by atoms with Gasteiger partial charge in [0.1, 0.15) is 0 Å². The Hall–Kier alpha value is -5.24. The van der Waals surface area contributed by atoms with Crippen LogP contribution in [0.5, 0.6) is 0 Å². The molecule has 208 valence electrons. The van der Waals surface area contributed by atoms with Gasteiger partial charge in [0.05, 0.1) is 0 Å². The predicted octanol–water partition coefficient (Wildman–Crippen LogP) is 6.56. The molecule has 0 bridgehead atoms. The highest BCUT2D eigenvalue weighted by atomic mass is 16.2. The van der Waals surface area contributed by atoms with E-state index in [0.29, 0.717) is 40.3 Å². The van der Waals surface area contributed by atoms with E-state index < -0.39 is 0 Å². The molecule has 4 aromatic carbocycles. The molecule has 0 aliphatic carbocycles. The van der Waals surface area contributed by atoms with Gasteiger partial charge in [-0.3, -0.25) is 19.2 Å². The first kappa shape index (κ1) is 28.8. The standard InChI is InChI=1S/C33H32N4O4/c1-22-6-3-8-24(20-22)32(40)36-28-16-12-26(13-17-28)34-30(38)10-5-11-31(39)35-27-14-18-29(19-15-27)37-33(41)25-9-4-7-23(2)21-25/h3-4,6-9,12-21H,5,10-11H2,1-2H3,(H,34,38)(H,35,39)(H,36,40)(H,37,41). The lowest BCUT2D eigenvalue weighted by Crippen LogP contribution is -2.15. The predicted molar refractivity (Wildman–Crippen MR) is 162 cm³/mol. The van der Waals surface area contributed by atoms with Crippen molar-refractivity contribution in [1.82, 2.24) is 0 Å². The fourth-order valence-corrected chi connectivity index (χ4v) is 4.11. The van der Waals surface area contributed by atoms with Crippen LogP contribution in [0.2, 0.25) is 0 Å². The molecule has 0 heterocycles. The summed E-state index contributed by atoms with van der Waals surface area (Å²) in [6, 6.07) is 28.4. The van der Waals surface area contributed by atoms with E-state index in [-0.39, 0.29) is 36.5 Å². The van der Waals surface area contributed by atoms with Crippen LogP contribution in [0, 0.1) is 13.8 Å². The number of benzene rings is 4. The van der Waals surface area contributed by atoms with Crippen molar-refractivity contribution < 1.29 is 19.2 Å². The third-order valence-corrected chi connectivity index (χ3v) is 6.22. The summed E-state index contributed by atoms with van der Waals surface area (Å²) >= 11 is 0. The van der Waals surface area contributed by atoms with E-state index >= 15 is 0 Å². The van der Waals surface area contributed by atoms with Crippen molar-refractivity contribution in [3.8, 4) is 0 Å². The molecule has 0 saturated heterocycles. The first-order chi connectivity index (χ1) is 19.7. The molecule has 0 spiro atoms. The molecule has 41 heavy (non-hydrogen) atoms.